The molecule has 1 aliphatic heterocycles. The lowest BCUT2D eigenvalue weighted by molar-refractivity contribution is -0.137. The number of ether oxygens (including phenoxy) is 1. The van der Waals surface area contributed by atoms with E-state index >= 15 is 0 Å². The molecule has 1 saturated heterocycles. The van der Waals surface area contributed by atoms with Crippen molar-refractivity contribution >= 4 is 23.2 Å². The Labute approximate surface area is 207 Å². The number of halogens is 3. The molecule has 9 heteroatoms. The molecule has 1 aliphatic rings. The lowest BCUT2D eigenvalue weighted by Gasteiger charge is -2.31. The molecule has 0 radical (unpaired) electrons. The Morgan fingerprint density at radius 3 is 2.17 bits per heavy atom. The quantitative estimate of drug-likeness (QED) is 0.486. The summed E-state index contributed by atoms with van der Waals surface area (Å²) >= 11 is 0. The number of rotatable bonds is 6. The normalized spacial score (nSPS) is 15.2. The van der Waals surface area contributed by atoms with Crippen molar-refractivity contribution in [3.8, 4) is 11.1 Å². The number of nitrogens with one attached hydrogen (secondary N) is 2. The summed E-state index contributed by atoms with van der Waals surface area (Å²) in [7, 11) is 0. The van der Waals surface area contributed by atoms with Gasteiger partial charge in [-0.15, -0.1) is 0 Å². The highest BCUT2D eigenvalue weighted by Gasteiger charge is 2.35. The molecule has 2 N–H and O–H groups in total. The van der Waals surface area contributed by atoms with E-state index < -0.39 is 35.3 Å². The van der Waals surface area contributed by atoms with Crippen LogP contribution in [0.4, 0.5) is 24.5 Å². The fraction of sp³-hybridized carbons (Fsp3) is 0.259. The Morgan fingerprint density at radius 2 is 1.53 bits per heavy atom. The SMILES string of the molecule is C[C@@H](C(=O)Nc1cc(C(=O)Nc2ccc(-c3ccccc3)cc2)ccc1C(F)(F)F)N1CCOCC1. The van der Waals surface area contributed by atoms with Gasteiger partial charge in [-0.3, -0.25) is 14.5 Å². The first-order valence-corrected chi connectivity index (χ1v) is 11.5. The van der Waals surface area contributed by atoms with Gasteiger partial charge >= 0.3 is 6.18 Å². The molecule has 0 spiro atoms. The van der Waals surface area contributed by atoms with Crippen LogP contribution >= 0.6 is 0 Å². The Bertz CT molecular complexity index is 1210. The fourth-order valence-electron chi connectivity index (χ4n) is 3.98. The number of morpholine rings is 1. The zero-order chi connectivity index (χ0) is 25.7. The molecule has 188 valence electrons. The topological polar surface area (TPSA) is 70.7 Å². The third-order valence-corrected chi connectivity index (χ3v) is 6.07. The number of hydrogen-bond acceptors (Lipinski definition) is 4. The van der Waals surface area contributed by atoms with Crippen LogP contribution in [0.1, 0.15) is 22.8 Å². The first kappa shape index (κ1) is 25.4. The number of hydrogen-bond donors (Lipinski definition) is 2. The Hall–Kier alpha value is -3.69. The summed E-state index contributed by atoms with van der Waals surface area (Å²) in [5.41, 5.74) is 0.983. The highest BCUT2D eigenvalue weighted by molar-refractivity contribution is 6.06. The summed E-state index contributed by atoms with van der Waals surface area (Å²) in [5.74, 6) is -1.18. The minimum absolute atomic E-state index is 0.00976. The lowest BCUT2D eigenvalue weighted by Crippen LogP contribution is -2.47. The highest BCUT2D eigenvalue weighted by Crippen LogP contribution is 2.35. The molecule has 1 heterocycles. The van der Waals surface area contributed by atoms with Crippen LogP contribution in [0.25, 0.3) is 11.1 Å². The van der Waals surface area contributed by atoms with Gasteiger partial charge in [0, 0.05) is 24.3 Å². The van der Waals surface area contributed by atoms with E-state index in [-0.39, 0.29) is 5.56 Å². The van der Waals surface area contributed by atoms with Gasteiger partial charge in [0.2, 0.25) is 5.91 Å². The lowest BCUT2D eigenvalue weighted by atomic mass is 10.1. The van der Waals surface area contributed by atoms with E-state index in [0.717, 1.165) is 29.3 Å². The largest absolute Gasteiger partial charge is 0.418 e. The standard InChI is InChI=1S/C27H26F3N3O3/c1-18(33-13-15-36-16-14-33)25(34)32-24-17-21(9-12-23(24)27(28,29)30)26(35)31-22-10-7-20(8-11-22)19-5-3-2-4-6-19/h2-12,17-18H,13-16H2,1H3,(H,31,35)(H,32,34)/t18-/m0/s1. The Kier molecular flexibility index (Phi) is 7.71. The van der Waals surface area contributed by atoms with Crippen LogP contribution in [-0.2, 0) is 15.7 Å². The minimum atomic E-state index is -4.70. The molecule has 3 aromatic rings. The number of benzene rings is 3. The minimum Gasteiger partial charge on any atom is -0.379 e. The van der Waals surface area contributed by atoms with Gasteiger partial charge in [-0.05, 0) is 48.4 Å². The summed E-state index contributed by atoms with van der Waals surface area (Å²) < 4.78 is 46.2. The van der Waals surface area contributed by atoms with Gasteiger partial charge in [0.05, 0.1) is 30.5 Å². The molecule has 0 unspecified atom stereocenters. The highest BCUT2D eigenvalue weighted by atomic mass is 19.4. The van der Waals surface area contributed by atoms with Gasteiger partial charge in [0.1, 0.15) is 0 Å². The summed E-state index contributed by atoms with van der Waals surface area (Å²) in [6.07, 6.45) is -4.70. The first-order valence-electron chi connectivity index (χ1n) is 11.5. The number of amides is 2. The molecule has 1 fully saturated rings. The Morgan fingerprint density at radius 1 is 0.889 bits per heavy atom. The maximum atomic E-state index is 13.6. The van der Waals surface area contributed by atoms with E-state index in [9.17, 15) is 22.8 Å². The zero-order valence-corrected chi connectivity index (χ0v) is 19.6. The fourth-order valence-corrected chi connectivity index (χ4v) is 3.98. The van der Waals surface area contributed by atoms with Crippen molar-refractivity contribution < 1.29 is 27.5 Å². The number of carbonyl (C=O) groups excluding carboxylic acids is 2. The van der Waals surface area contributed by atoms with E-state index in [1.165, 1.54) is 0 Å². The van der Waals surface area contributed by atoms with Gasteiger partial charge in [0.15, 0.2) is 0 Å². The number of carbonyl (C=O) groups is 2. The summed E-state index contributed by atoms with van der Waals surface area (Å²) in [6, 6.07) is 19.1. The first-order chi connectivity index (χ1) is 17.2. The average Bonchev–Trinajstić information content (AvgIpc) is 2.89. The van der Waals surface area contributed by atoms with Crippen LogP contribution in [0.3, 0.4) is 0 Å². The molecular weight excluding hydrogens is 471 g/mol. The van der Waals surface area contributed by atoms with Crippen molar-refractivity contribution in [2.24, 2.45) is 0 Å². The second-order valence-corrected chi connectivity index (χ2v) is 8.47. The van der Waals surface area contributed by atoms with Crippen LogP contribution in [0.2, 0.25) is 0 Å². The molecule has 1 atom stereocenters. The van der Waals surface area contributed by atoms with E-state index in [1.54, 1.807) is 19.1 Å². The molecule has 3 aromatic carbocycles. The number of anilines is 2. The second kappa shape index (κ2) is 10.9. The zero-order valence-electron chi connectivity index (χ0n) is 19.6. The van der Waals surface area contributed by atoms with Crippen molar-refractivity contribution in [3.63, 3.8) is 0 Å². The molecule has 2 amide bonds. The van der Waals surface area contributed by atoms with Crippen molar-refractivity contribution in [1.82, 2.24) is 4.90 Å². The monoisotopic (exact) mass is 497 g/mol. The van der Waals surface area contributed by atoms with Crippen LogP contribution < -0.4 is 10.6 Å². The van der Waals surface area contributed by atoms with E-state index in [2.05, 4.69) is 10.6 Å². The Balaban J connectivity index is 1.51. The second-order valence-electron chi connectivity index (χ2n) is 8.47. The van der Waals surface area contributed by atoms with Gasteiger partial charge in [0.25, 0.3) is 5.91 Å². The molecule has 0 saturated carbocycles. The molecule has 36 heavy (non-hydrogen) atoms. The van der Waals surface area contributed by atoms with Crippen LogP contribution in [0.15, 0.2) is 72.8 Å². The maximum Gasteiger partial charge on any atom is 0.418 e. The average molecular weight is 498 g/mol. The van der Waals surface area contributed by atoms with Crippen LogP contribution in [0, 0.1) is 0 Å². The summed E-state index contributed by atoms with van der Waals surface area (Å²) in [6.45, 7) is 3.54. The third-order valence-electron chi connectivity index (χ3n) is 6.07. The molecule has 6 nitrogen and oxygen atoms in total. The van der Waals surface area contributed by atoms with E-state index in [4.69, 9.17) is 4.74 Å². The predicted octanol–water partition coefficient (Wildman–Crippen LogP) is 5.28. The van der Waals surface area contributed by atoms with Crippen molar-refractivity contribution in [1.29, 1.82) is 0 Å². The summed E-state index contributed by atoms with van der Waals surface area (Å²) in [4.78, 5) is 27.4. The van der Waals surface area contributed by atoms with Crippen molar-refractivity contribution in [2.75, 3.05) is 36.9 Å². The molecule has 4 rings (SSSR count). The third kappa shape index (κ3) is 6.10. The van der Waals surface area contributed by atoms with Gasteiger partial charge < -0.3 is 15.4 Å². The van der Waals surface area contributed by atoms with Crippen LogP contribution in [0.5, 0.6) is 0 Å². The van der Waals surface area contributed by atoms with Gasteiger partial charge in [-0.25, -0.2) is 0 Å². The van der Waals surface area contributed by atoms with Crippen LogP contribution in [-0.4, -0.2) is 49.1 Å². The maximum absolute atomic E-state index is 13.6. The predicted molar refractivity (Wildman–Crippen MR) is 132 cm³/mol. The molecule has 0 aromatic heterocycles. The van der Waals surface area contributed by atoms with Crippen molar-refractivity contribution in [2.45, 2.75) is 19.1 Å². The van der Waals surface area contributed by atoms with Gasteiger partial charge in [-0.2, -0.15) is 13.2 Å². The van der Waals surface area contributed by atoms with E-state index in [0.29, 0.717) is 32.0 Å². The van der Waals surface area contributed by atoms with Crippen molar-refractivity contribution in [3.05, 3.63) is 83.9 Å². The van der Waals surface area contributed by atoms with E-state index in [1.807, 2.05) is 47.4 Å². The number of nitrogens with zero attached hydrogens (tertiary/aromatic N) is 1. The number of alkyl halides is 3. The van der Waals surface area contributed by atoms with Gasteiger partial charge in [-0.1, -0.05) is 42.5 Å². The summed E-state index contributed by atoms with van der Waals surface area (Å²) in [5, 5.41) is 5.07. The molecule has 0 bridgehead atoms. The smallest absolute Gasteiger partial charge is 0.379 e. The molecule has 0 aliphatic carbocycles. The molecular formula is C27H26F3N3O3.